The van der Waals surface area contributed by atoms with Gasteiger partial charge >= 0.3 is 0 Å². The second kappa shape index (κ2) is 7.54. The highest BCUT2D eigenvalue weighted by molar-refractivity contribution is 5.81. The van der Waals surface area contributed by atoms with Crippen LogP contribution in [0.3, 0.4) is 0 Å². The van der Waals surface area contributed by atoms with E-state index in [0.717, 1.165) is 18.4 Å². The lowest BCUT2D eigenvalue weighted by molar-refractivity contribution is -0.134. The van der Waals surface area contributed by atoms with Crippen LogP contribution in [0.5, 0.6) is 0 Å². The third-order valence-electron chi connectivity index (χ3n) is 5.27. The van der Waals surface area contributed by atoms with Crippen LogP contribution >= 0.6 is 0 Å². The van der Waals surface area contributed by atoms with E-state index in [1.807, 2.05) is 9.80 Å². The zero-order chi connectivity index (χ0) is 18.0. The largest absolute Gasteiger partial charge is 0.340 e. The van der Waals surface area contributed by atoms with E-state index in [1.54, 1.807) is 12.1 Å². The molecule has 1 atom stereocenters. The highest BCUT2D eigenvalue weighted by Gasteiger charge is 2.35. The minimum absolute atomic E-state index is 0.0109. The summed E-state index contributed by atoms with van der Waals surface area (Å²) in [6, 6.07) is 6.28. The van der Waals surface area contributed by atoms with E-state index in [1.165, 1.54) is 12.1 Å². The number of hydrogen-bond donors (Lipinski definition) is 0. The maximum absolute atomic E-state index is 13.1. The van der Waals surface area contributed by atoms with Crippen LogP contribution in [0.1, 0.15) is 45.1 Å². The van der Waals surface area contributed by atoms with Crippen LogP contribution in [-0.4, -0.2) is 40.7 Å². The van der Waals surface area contributed by atoms with Gasteiger partial charge in [0.2, 0.25) is 11.8 Å². The first kappa shape index (κ1) is 17.9. The van der Waals surface area contributed by atoms with Crippen LogP contribution in [0.2, 0.25) is 0 Å². The summed E-state index contributed by atoms with van der Waals surface area (Å²) in [4.78, 5) is 29.0. The monoisotopic (exact) mass is 346 g/mol. The van der Waals surface area contributed by atoms with Crippen molar-refractivity contribution in [2.75, 3.05) is 13.1 Å². The number of rotatable bonds is 5. The summed E-state index contributed by atoms with van der Waals surface area (Å²) in [5.41, 5.74) is 0.915. The van der Waals surface area contributed by atoms with E-state index in [4.69, 9.17) is 0 Å². The molecule has 4 nitrogen and oxygen atoms in total. The van der Waals surface area contributed by atoms with Crippen LogP contribution in [0.25, 0.3) is 0 Å². The standard InChI is InChI=1S/C20H27FN2O2/c1-14(2)18-13-22(20(25)11-15-3-4-15)10-9-19(24)23(18)12-16-5-7-17(21)8-6-16/h5-8,14-15,18H,3-4,9-13H2,1-2H3. The molecule has 1 saturated heterocycles. The summed E-state index contributed by atoms with van der Waals surface area (Å²) >= 11 is 0. The Balaban J connectivity index is 1.74. The molecule has 0 N–H and O–H groups in total. The second-order valence-electron chi connectivity index (χ2n) is 7.70. The summed E-state index contributed by atoms with van der Waals surface area (Å²) in [5, 5.41) is 0. The van der Waals surface area contributed by atoms with Crippen LogP contribution in [0.15, 0.2) is 24.3 Å². The van der Waals surface area contributed by atoms with E-state index < -0.39 is 0 Å². The lowest BCUT2D eigenvalue weighted by atomic mass is 10.0. The third kappa shape index (κ3) is 4.59. The molecular weight excluding hydrogens is 319 g/mol. The summed E-state index contributed by atoms with van der Waals surface area (Å²) in [6.45, 7) is 5.74. The smallest absolute Gasteiger partial charge is 0.224 e. The molecule has 5 heteroatoms. The first-order valence-electron chi connectivity index (χ1n) is 9.25. The molecular formula is C20H27FN2O2. The minimum atomic E-state index is -0.275. The Bertz CT molecular complexity index is 625. The zero-order valence-corrected chi connectivity index (χ0v) is 15.1. The van der Waals surface area contributed by atoms with Crippen molar-refractivity contribution in [3.05, 3.63) is 35.6 Å². The predicted octanol–water partition coefficient (Wildman–Crippen LogP) is 3.21. The Morgan fingerprint density at radius 3 is 2.52 bits per heavy atom. The molecule has 2 amide bonds. The summed E-state index contributed by atoms with van der Waals surface area (Å²) in [7, 11) is 0. The number of carbonyl (C=O) groups excluding carboxylic acids is 2. The lowest BCUT2D eigenvalue weighted by Gasteiger charge is -2.35. The number of halogens is 1. The number of hydrogen-bond acceptors (Lipinski definition) is 2. The molecule has 1 aromatic carbocycles. The van der Waals surface area contributed by atoms with Crippen molar-refractivity contribution in [1.82, 2.24) is 9.80 Å². The van der Waals surface area contributed by atoms with Crippen molar-refractivity contribution in [3.63, 3.8) is 0 Å². The van der Waals surface area contributed by atoms with E-state index in [-0.39, 0.29) is 29.6 Å². The molecule has 1 aromatic rings. The molecule has 1 aliphatic carbocycles. The maximum atomic E-state index is 13.1. The predicted molar refractivity (Wildman–Crippen MR) is 94.1 cm³/mol. The van der Waals surface area contributed by atoms with Crippen molar-refractivity contribution in [3.8, 4) is 0 Å². The van der Waals surface area contributed by atoms with Gasteiger partial charge in [0.1, 0.15) is 5.82 Å². The molecule has 1 unspecified atom stereocenters. The van der Waals surface area contributed by atoms with Crippen molar-refractivity contribution >= 4 is 11.8 Å². The second-order valence-corrected chi connectivity index (χ2v) is 7.70. The van der Waals surface area contributed by atoms with Crippen molar-refractivity contribution in [1.29, 1.82) is 0 Å². The maximum Gasteiger partial charge on any atom is 0.224 e. The highest BCUT2D eigenvalue weighted by atomic mass is 19.1. The molecule has 1 saturated carbocycles. The molecule has 2 aliphatic rings. The summed E-state index contributed by atoms with van der Waals surface area (Å²) < 4.78 is 13.1. The first-order valence-corrected chi connectivity index (χ1v) is 9.25. The van der Waals surface area contributed by atoms with E-state index in [9.17, 15) is 14.0 Å². The van der Waals surface area contributed by atoms with Gasteiger partial charge in [0, 0.05) is 32.5 Å². The van der Waals surface area contributed by atoms with Gasteiger partial charge in [-0.25, -0.2) is 4.39 Å². The first-order chi connectivity index (χ1) is 11.9. The Morgan fingerprint density at radius 2 is 1.92 bits per heavy atom. The molecule has 1 aliphatic heterocycles. The minimum Gasteiger partial charge on any atom is -0.340 e. The molecule has 0 bridgehead atoms. The fourth-order valence-electron chi connectivity index (χ4n) is 3.46. The van der Waals surface area contributed by atoms with Crippen molar-refractivity contribution in [2.24, 2.45) is 11.8 Å². The van der Waals surface area contributed by atoms with Crippen LogP contribution in [-0.2, 0) is 16.1 Å². The molecule has 2 fully saturated rings. The average molecular weight is 346 g/mol. The number of benzene rings is 1. The van der Waals surface area contributed by atoms with Gasteiger partial charge in [0.05, 0.1) is 6.04 Å². The third-order valence-corrected chi connectivity index (χ3v) is 5.27. The van der Waals surface area contributed by atoms with Crippen LogP contribution in [0, 0.1) is 17.7 Å². The topological polar surface area (TPSA) is 40.6 Å². The van der Waals surface area contributed by atoms with E-state index in [2.05, 4.69) is 13.8 Å². The highest BCUT2D eigenvalue weighted by Crippen LogP contribution is 2.33. The van der Waals surface area contributed by atoms with Crippen LogP contribution < -0.4 is 0 Å². The fraction of sp³-hybridized carbons (Fsp3) is 0.600. The average Bonchev–Trinajstić information content (AvgIpc) is 3.39. The molecule has 136 valence electrons. The van der Waals surface area contributed by atoms with Crippen molar-refractivity contribution < 1.29 is 14.0 Å². The van der Waals surface area contributed by atoms with Gasteiger partial charge in [0.25, 0.3) is 0 Å². The van der Waals surface area contributed by atoms with Gasteiger partial charge in [-0.15, -0.1) is 0 Å². The van der Waals surface area contributed by atoms with E-state index in [0.29, 0.717) is 38.4 Å². The lowest BCUT2D eigenvalue weighted by Crippen LogP contribution is -2.47. The Kier molecular flexibility index (Phi) is 5.40. The number of nitrogens with zero attached hydrogens (tertiary/aromatic N) is 2. The molecule has 1 heterocycles. The normalized spacial score (nSPS) is 21.6. The number of amides is 2. The van der Waals surface area contributed by atoms with Gasteiger partial charge in [-0.1, -0.05) is 26.0 Å². The fourth-order valence-corrected chi connectivity index (χ4v) is 3.46. The van der Waals surface area contributed by atoms with E-state index >= 15 is 0 Å². The zero-order valence-electron chi connectivity index (χ0n) is 15.1. The Hall–Kier alpha value is -1.91. The van der Waals surface area contributed by atoms with Gasteiger partial charge in [-0.05, 0) is 42.4 Å². The SMILES string of the molecule is CC(C)C1CN(C(=O)CC2CC2)CCC(=O)N1Cc1ccc(F)cc1. The number of carbonyl (C=O) groups is 2. The summed E-state index contributed by atoms with van der Waals surface area (Å²) in [5.74, 6) is 0.788. The summed E-state index contributed by atoms with van der Waals surface area (Å²) in [6.07, 6.45) is 3.30. The van der Waals surface area contributed by atoms with Crippen LogP contribution in [0.4, 0.5) is 4.39 Å². The van der Waals surface area contributed by atoms with Gasteiger partial charge in [0.15, 0.2) is 0 Å². The Morgan fingerprint density at radius 1 is 1.24 bits per heavy atom. The van der Waals surface area contributed by atoms with Crippen molar-refractivity contribution in [2.45, 2.75) is 52.1 Å². The van der Waals surface area contributed by atoms with Gasteiger partial charge in [-0.3, -0.25) is 9.59 Å². The quantitative estimate of drug-likeness (QED) is 0.821. The van der Waals surface area contributed by atoms with Gasteiger partial charge < -0.3 is 9.80 Å². The van der Waals surface area contributed by atoms with Gasteiger partial charge in [-0.2, -0.15) is 0 Å². The molecule has 0 aromatic heterocycles. The molecule has 25 heavy (non-hydrogen) atoms. The molecule has 0 spiro atoms. The molecule has 3 rings (SSSR count). The molecule has 0 radical (unpaired) electrons. The Labute approximate surface area is 149 Å².